The van der Waals surface area contributed by atoms with Gasteiger partial charge in [-0.3, -0.25) is 4.79 Å². The Morgan fingerprint density at radius 2 is 2.14 bits per heavy atom. The first kappa shape index (κ1) is 19.8. The summed E-state index contributed by atoms with van der Waals surface area (Å²) in [7, 11) is 0. The number of nitrogens with zero attached hydrogens (tertiary/aromatic N) is 2. The summed E-state index contributed by atoms with van der Waals surface area (Å²) in [6.07, 6.45) is 6.40. The zero-order valence-electron chi connectivity index (χ0n) is 15.7. The van der Waals surface area contributed by atoms with Gasteiger partial charge in [-0.05, 0) is 29.7 Å². The van der Waals surface area contributed by atoms with Crippen LogP contribution in [0.2, 0.25) is 0 Å². The maximum Gasteiger partial charge on any atom is 0.259 e. The average Bonchev–Trinajstić information content (AvgIpc) is 3.33. The number of carbonyl (C=O) groups excluding carboxylic acids is 1. The van der Waals surface area contributed by atoms with E-state index in [2.05, 4.69) is 26.3 Å². The summed E-state index contributed by atoms with van der Waals surface area (Å²) in [5.41, 5.74) is 10.6. The molecule has 0 saturated heterocycles. The lowest BCUT2D eigenvalue weighted by molar-refractivity contribution is -0.117. The highest BCUT2D eigenvalue weighted by Crippen LogP contribution is 2.32. The second kappa shape index (κ2) is 8.10. The Kier molecular flexibility index (Phi) is 5.54. The van der Waals surface area contributed by atoms with Gasteiger partial charge in [-0.25, -0.2) is 4.98 Å². The lowest BCUT2D eigenvalue weighted by atomic mass is 10.1. The lowest BCUT2D eigenvalue weighted by Crippen LogP contribution is -2.42. The Morgan fingerprint density at radius 1 is 1.28 bits per heavy atom. The molecule has 150 valence electrons. The summed E-state index contributed by atoms with van der Waals surface area (Å²) in [6.45, 7) is 0.847. The van der Waals surface area contributed by atoms with Crippen molar-refractivity contribution in [2.45, 2.75) is 18.5 Å². The SMILES string of the molecule is Cl.N[C@@H]1c2ccccc2C[C@@H]1NC(=O)C1=CN(c2ccnc3[nH]ccc23)CCS1. The van der Waals surface area contributed by atoms with E-state index in [0.717, 1.165) is 45.9 Å². The summed E-state index contributed by atoms with van der Waals surface area (Å²) in [4.78, 5) is 23.3. The van der Waals surface area contributed by atoms with Crippen LogP contribution in [0.25, 0.3) is 11.0 Å². The highest BCUT2D eigenvalue weighted by atomic mass is 35.5. The molecule has 0 unspecified atom stereocenters. The Labute approximate surface area is 179 Å². The second-order valence-electron chi connectivity index (χ2n) is 7.11. The Hall–Kier alpha value is -2.48. The van der Waals surface area contributed by atoms with Crippen molar-refractivity contribution in [3.8, 4) is 0 Å². The minimum atomic E-state index is -0.162. The number of hydrogen-bond acceptors (Lipinski definition) is 5. The maximum atomic E-state index is 12.9. The fourth-order valence-corrected chi connectivity index (χ4v) is 4.91. The molecular formula is C21H22ClN5OS. The van der Waals surface area contributed by atoms with Crippen molar-refractivity contribution in [1.29, 1.82) is 0 Å². The molecule has 1 aliphatic carbocycles. The predicted molar refractivity (Wildman–Crippen MR) is 120 cm³/mol. The molecule has 0 bridgehead atoms. The van der Waals surface area contributed by atoms with E-state index in [1.807, 2.05) is 42.7 Å². The first-order valence-electron chi connectivity index (χ1n) is 9.38. The van der Waals surface area contributed by atoms with E-state index >= 15 is 0 Å². The van der Waals surface area contributed by atoms with Gasteiger partial charge >= 0.3 is 0 Å². The van der Waals surface area contributed by atoms with Gasteiger partial charge in [0.2, 0.25) is 0 Å². The predicted octanol–water partition coefficient (Wildman–Crippen LogP) is 3.12. The van der Waals surface area contributed by atoms with Crippen LogP contribution in [0, 0.1) is 0 Å². The van der Waals surface area contributed by atoms with Gasteiger partial charge in [0.1, 0.15) is 5.65 Å². The van der Waals surface area contributed by atoms with Crippen molar-refractivity contribution in [2.24, 2.45) is 5.73 Å². The van der Waals surface area contributed by atoms with Gasteiger partial charge in [-0.2, -0.15) is 0 Å². The van der Waals surface area contributed by atoms with Gasteiger partial charge in [0.05, 0.1) is 22.7 Å². The third-order valence-electron chi connectivity index (χ3n) is 5.44. The van der Waals surface area contributed by atoms with Crippen LogP contribution >= 0.6 is 24.2 Å². The van der Waals surface area contributed by atoms with Crippen LogP contribution in [0.3, 0.4) is 0 Å². The molecule has 1 aromatic carbocycles. The molecular weight excluding hydrogens is 406 g/mol. The molecule has 0 spiro atoms. The molecule has 8 heteroatoms. The van der Waals surface area contributed by atoms with Crippen LogP contribution in [0.15, 0.2) is 59.9 Å². The molecule has 3 heterocycles. The minimum Gasteiger partial charge on any atom is -0.347 e. The number of fused-ring (bicyclic) bond motifs is 2. The van der Waals surface area contributed by atoms with Gasteiger partial charge in [0.25, 0.3) is 5.91 Å². The van der Waals surface area contributed by atoms with Crippen LogP contribution in [-0.2, 0) is 11.2 Å². The molecule has 5 rings (SSSR count). The number of nitrogens with one attached hydrogen (secondary N) is 2. The fourth-order valence-electron chi connectivity index (χ4n) is 4.01. The topological polar surface area (TPSA) is 87.0 Å². The van der Waals surface area contributed by atoms with Gasteiger partial charge in [-0.15, -0.1) is 24.2 Å². The zero-order chi connectivity index (χ0) is 19.1. The van der Waals surface area contributed by atoms with E-state index in [4.69, 9.17) is 5.73 Å². The molecule has 4 N–H and O–H groups in total. The van der Waals surface area contributed by atoms with Crippen molar-refractivity contribution in [1.82, 2.24) is 15.3 Å². The van der Waals surface area contributed by atoms with Crippen LogP contribution in [-0.4, -0.2) is 34.2 Å². The first-order valence-corrected chi connectivity index (χ1v) is 10.4. The fraction of sp³-hybridized carbons (Fsp3) is 0.238. The summed E-state index contributed by atoms with van der Waals surface area (Å²) >= 11 is 1.59. The number of rotatable bonds is 3. The molecule has 2 aromatic heterocycles. The number of benzene rings is 1. The van der Waals surface area contributed by atoms with Crippen molar-refractivity contribution in [3.63, 3.8) is 0 Å². The minimum absolute atomic E-state index is 0. The van der Waals surface area contributed by atoms with Crippen LogP contribution in [0.4, 0.5) is 5.69 Å². The summed E-state index contributed by atoms with van der Waals surface area (Å²) < 4.78 is 0. The van der Waals surface area contributed by atoms with Crippen molar-refractivity contribution in [2.75, 3.05) is 17.2 Å². The smallest absolute Gasteiger partial charge is 0.259 e. The normalized spacial score (nSPS) is 20.7. The Morgan fingerprint density at radius 3 is 3.00 bits per heavy atom. The third kappa shape index (κ3) is 3.61. The van der Waals surface area contributed by atoms with Crippen LogP contribution < -0.4 is 16.0 Å². The summed E-state index contributed by atoms with van der Waals surface area (Å²) in [5, 5.41) is 4.21. The number of pyridine rings is 1. The molecule has 2 atom stereocenters. The van der Waals surface area contributed by atoms with Crippen LogP contribution in [0.5, 0.6) is 0 Å². The number of amides is 1. The number of halogens is 1. The van der Waals surface area contributed by atoms with Crippen LogP contribution in [0.1, 0.15) is 17.2 Å². The zero-order valence-corrected chi connectivity index (χ0v) is 17.3. The number of hydrogen-bond donors (Lipinski definition) is 3. The second-order valence-corrected chi connectivity index (χ2v) is 8.25. The largest absolute Gasteiger partial charge is 0.347 e. The number of H-pyrrole nitrogens is 1. The number of aromatic amines is 1. The highest BCUT2D eigenvalue weighted by molar-refractivity contribution is 8.04. The van der Waals surface area contributed by atoms with Gasteiger partial charge in [0.15, 0.2) is 0 Å². The standard InChI is InChI=1S/C21H21N5OS.ClH/c22-19-14-4-2-1-3-13(14)11-16(19)25-21(27)18-12-26(9-10-28-18)17-6-8-24-20-15(17)5-7-23-20;/h1-8,12,16,19H,9-11,22H2,(H,23,24)(H,25,27);1H/t16-,19+;/m0./s1. The first-order chi connectivity index (χ1) is 13.7. The van der Waals surface area contributed by atoms with E-state index in [1.165, 1.54) is 5.56 Å². The molecule has 0 fully saturated rings. The molecule has 6 nitrogen and oxygen atoms in total. The molecule has 1 amide bonds. The lowest BCUT2D eigenvalue weighted by Gasteiger charge is -2.27. The van der Waals surface area contributed by atoms with Gasteiger partial charge in [0, 0.05) is 36.3 Å². The molecule has 1 aliphatic heterocycles. The average molecular weight is 428 g/mol. The number of carbonyl (C=O) groups is 1. The van der Waals surface area contributed by atoms with Crippen molar-refractivity contribution >= 4 is 46.8 Å². The molecule has 2 aliphatic rings. The van der Waals surface area contributed by atoms with E-state index in [9.17, 15) is 4.79 Å². The highest BCUT2D eigenvalue weighted by Gasteiger charge is 2.31. The van der Waals surface area contributed by atoms with E-state index in [1.54, 1.807) is 18.0 Å². The number of nitrogens with two attached hydrogens (primary N) is 1. The molecule has 3 aromatic rings. The number of anilines is 1. The van der Waals surface area contributed by atoms with Gasteiger partial charge in [-0.1, -0.05) is 24.3 Å². The number of thioether (sulfide) groups is 1. The Bertz CT molecular complexity index is 1080. The third-order valence-corrected chi connectivity index (χ3v) is 6.43. The summed E-state index contributed by atoms with van der Waals surface area (Å²) in [5.74, 6) is 0.798. The summed E-state index contributed by atoms with van der Waals surface area (Å²) in [6, 6.07) is 11.9. The number of aromatic nitrogens is 2. The van der Waals surface area contributed by atoms with E-state index < -0.39 is 0 Å². The van der Waals surface area contributed by atoms with Crippen molar-refractivity contribution < 1.29 is 4.79 Å². The molecule has 0 radical (unpaired) electrons. The molecule has 29 heavy (non-hydrogen) atoms. The van der Waals surface area contributed by atoms with Crippen molar-refractivity contribution in [3.05, 3.63) is 71.0 Å². The quantitative estimate of drug-likeness (QED) is 0.597. The maximum absolute atomic E-state index is 12.9. The van der Waals surface area contributed by atoms with E-state index in [0.29, 0.717) is 0 Å². The Balaban J connectivity index is 0.00000205. The van der Waals surface area contributed by atoms with Gasteiger partial charge < -0.3 is 20.9 Å². The molecule has 0 saturated carbocycles. The van der Waals surface area contributed by atoms with E-state index in [-0.39, 0.29) is 30.4 Å². The monoisotopic (exact) mass is 427 g/mol.